The van der Waals surface area contributed by atoms with Gasteiger partial charge in [-0.05, 0) is 13.0 Å². The van der Waals surface area contributed by atoms with Gasteiger partial charge in [-0.2, -0.15) is 17.6 Å². The van der Waals surface area contributed by atoms with E-state index in [1.807, 2.05) is 0 Å². The van der Waals surface area contributed by atoms with E-state index < -0.39 is 17.7 Å². The molecule has 0 unspecified atom stereocenters. The SMILES string of the molecule is Cc1cc(F)c(C(F)(F)F)[n+](O)c1. The Kier molecular flexibility index (Phi) is 2.15. The van der Waals surface area contributed by atoms with Crippen LogP contribution in [0.5, 0.6) is 0 Å². The summed E-state index contributed by atoms with van der Waals surface area (Å²) in [5, 5.41) is 8.76. The molecule has 0 bridgehead atoms. The topological polar surface area (TPSA) is 24.1 Å². The molecule has 0 saturated carbocycles. The van der Waals surface area contributed by atoms with E-state index in [1.54, 1.807) is 0 Å². The molecule has 1 aromatic heterocycles. The van der Waals surface area contributed by atoms with Crippen molar-refractivity contribution >= 4 is 0 Å². The fourth-order valence-corrected chi connectivity index (χ4v) is 0.938. The number of hydrogen-bond donors (Lipinski definition) is 1. The fourth-order valence-electron chi connectivity index (χ4n) is 0.938. The van der Waals surface area contributed by atoms with Crippen LogP contribution in [0.25, 0.3) is 0 Å². The second kappa shape index (κ2) is 2.86. The van der Waals surface area contributed by atoms with Gasteiger partial charge in [0.05, 0.1) is 0 Å². The molecule has 1 N–H and O–H groups in total. The van der Waals surface area contributed by atoms with E-state index >= 15 is 0 Å². The first kappa shape index (κ1) is 9.76. The van der Waals surface area contributed by atoms with Gasteiger partial charge >= 0.3 is 11.9 Å². The molecule has 0 aromatic carbocycles. The Bertz CT molecular complexity index is 311. The minimum absolute atomic E-state index is 0.202. The molecule has 2 nitrogen and oxygen atoms in total. The Morgan fingerprint density at radius 2 is 1.92 bits per heavy atom. The van der Waals surface area contributed by atoms with Crippen molar-refractivity contribution in [3.8, 4) is 0 Å². The summed E-state index contributed by atoms with van der Waals surface area (Å²) in [5.41, 5.74) is -1.49. The Morgan fingerprint density at radius 3 is 2.31 bits per heavy atom. The van der Waals surface area contributed by atoms with Crippen LogP contribution in [0.2, 0.25) is 0 Å². The lowest BCUT2D eigenvalue weighted by Gasteiger charge is -2.02. The molecule has 13 heavy (non-hydrogen) atoms. The van der Waals surface area contributed by atoms with Crippen LogP contribution in [-0.2, 0) is 6.18 Å². The third-order valence-electron chi connectivity index (χ3n) is 1.40. The number of alkyl halides is 3. The molecule has 0 aliphatic carbocycles. The first-order valence-electron chi connectivity index (χ1n) is 3.30. The van der Waals surface area contributed by atoms with Crippen molar-refractivity contribution in [2.75, 3.05) is 0 Å². The molecule has 0 aliphatic rings. The van der Waals surface area contributed by atoms with Crippen molar-refractivity contribution in [3.63, 3.8) is 0 Å². The molecule has 1 rings (SSSR count). The van der Waals surface area contributed by atoms with E-state index in [2.05, 4.69) is 0 Å². The van der Waals surface area contributed by atoms with E-state index in [0.717, 1.165) is 6.20 Å². The second-order valence-electron chi connectivity index (χ2n) is 2.56. The Hall–Kier alpha value is -1.33. The highest BCUT2D eigenvalue weighted by molar-refractivity contribution is 5.11. The summed E-state index contributed by atoms with van der Waals surface area (Å²) in [5.74, 6) is -1.49. The van der Waals surface area contributed by atoms with Crippen LogP contribution in [0.3, 0.4) is 0 Å². The highest BCUT2D eigenvalue weighted by atomic mass is 19.4. The van der Waals surface area contributed by atoms with Crippen LogP contribution >= 0.6 is 0 Å². The number of rotatable bonds is 0. The van der Waals surface area contributed by atoms with Crippen LogP contribution in [0.4, 0.5) is 17.6 Å². The highest BCUT2D eigenvalue weighted by Crippen LogP contribution is 2.28. The zero-order valence-corrected chi connectivity index (χ0v) is 6.56. The average molecular weight is 196 g/mol. The molecular formula is C7H6F4NO+. The fraction of sp³-hybridized carbons (Fsp3) is 0.286. The molecule has 0 amide bonds. The first-order valence-corrected chi connectivity index (χ1v) is 3.30. The third kappa shape index (κ3) is 1.88. The van der Waals surface area contributed by atoms with Crippen LogP contribution in [0, 0.1) is 12.7 Å². The normalized spacial score (nSPS) is 11.8. The van der Waals surface area contributed by atoms with Gasteiger partial charge in [-0.1, -0.05) is 0 Å². The summed E-state index contributed by atoms with van der Waals surface area (Å²) in [7, 11) is 0. The van der Waals surface area contributed by atoms with Crippen molar-refractivity contribution in [1.29, 1.82) is 0 Å². The van der Waals surface area contributed by atoms with Crippen molar-refractivity contribution in [3.05, 3.63) is 29.3 Å². The summed E-state index contributed by atoms with van der Waals surface area (Å²) in [4.78, 5) is 0. The maximum atomic E-state index is 12.7. The second-order valence-corrected chi connectivity index (χ2v) is 2.56. The number of aryl methyl sites for hydroxylation is 1. The summed E-state index contributed by atoms with van der Waals surface area (Å²) < 4.78 is 48.5. The molecule has 0 spiro atoms. The highest BCUT2D eigenvalue weighted by Gasteiger charge is 2.46. The minimum Gasteiger partial charge on any atom is -0.284 e. The standard InChI is InChI=1S/C7H6F4NO/c1-4-2-5(8)6(7(9,10)11)12(13)3-4/h2-3,13H,1H3/q+1. The third-order valence-corrected chi connectivity index (χ3v) is 1.40. The van der Waals surface area contributed by atoms with Crippen molar-refractivity contribution in [2.45, 2.75) is 13.1 Å². The van der Waals surface area contributed by atoms with Crippen LogP contribution in [0.1, 0.15) is 11.3 Å². The van der Waals surface area contributed by atoms with Gasteiger partial charge in [-0.25, -0.2) is 0 Å². The molecule has 1 heterocycles. The minimum atomic E-state index is -4.90. The van der Waals surface area contributed by atoms with E-state index in [4.69, 9.17) is 5.21 Å². The largest absolute Gasteiger partial charge is 0.485 e. The number of nitrogens with zero attached hydrogens (tertiary/aromatic N) is 1. The van der Waals surface area contributed by atoms with Crippen LogP contribution in [-0.4, -0.2) is 5.21 Å². The predicted octanol–water partition coefficient (Wildman–Crippen LogP) is 1.68. The number of aromatic nitrogens is 1. The van der Waals surface area contributed by atoms with Crippen molar-refractivity contribution in [2.24, 2.45) is 0 Å². The molecule has 6 heteroatoms. The maximum Gasteiger partial charge on any atom is 0.485 e. The average Bonchev–Trinajstić information content (AvgIpc) is 1.78. The molecular weight excluding hydrogens is 190 g/mol. The number of halogens is 4. The summed E-state index contributed by atoms with van der Waals surface area (Å²) in [6.45, 7) is 1.37. The van der Waals surface area contributed by atoms with Crippen LogP contribution < -0.4 is 4.73 Å². The molecule has 0 atom stereocenters. The van der Waals surface area contributed by atoms with E-state index in [9.17, 15) is 17.6 Å². The number of pyridine rings is 1. The van der Waals surface area contributed by atoms with Crippen molar-refractivity contribution in [1.82, 2.24) is 0 Å². The van der Waals surface area contributed by atoms with Gasteiger partial charge in [-0.3, -0.25) is 5.21 Å². The van der Waals surface area contributed by atoms with E-state index in [-0.39, 0.29) is 10.3 Å². The van der Waals surface area contributed by atoms with Gasteiger partial charge in [0, 0.05) is 10.3 Å². The summed E-state index contributed by atoms with van der Waals surface area (Å²) in [6, 6.07) is 0.704. The van der Waals surface area contributed by atoms with Gasteiger partial charge in [0.25, 0.3) is 0 Å². The van der Waals surface area contributed by atoms with Gasteiger partial charge in [0.2, 0.25) is 12.0 Å². The smallest absolute Gasteiger partial charge is 0.284 e. The van der Waals surface area contributed by atoms with Crippen LogP contribution in [0.15, 0.2) is 12.3 Å². The van der Waals surface area contributed by atoms with Gasteiger partial charge in [-0.15, -0.1) is 0 Å². The quantitative estimate of drug-likeness (QED) is 0.381. The molecule has 72 valence electrons. The monoisotopic (exact) mass is 196 g/mol. The van der Waals surface area contributed by atoms with Crippen molar-refractivity contribution < 1.29 is 27.5 Å². The Morgan fingerprint density at radius 1 is 1.38 bits per heavy atom. The zero-order valence-electron chi connectivity index (χ0n) is 6.56. The van der Waals surface area contributed by atoms with Gasteiger partial charge in [0.15, 0.2) is 0 Å². The zero-order chi connectivity index (χ0) is 10.2. The predicted molar refractivity (Wildman–Crippen MR) is 33.5 cm³/mol. The molecule has 0 saturated heterocycles. The van der Waals surface area contributed by atoms with Gasteiger partial charge < -0.3 is 0 Å². The Labute approximate surface area is 71.0 Å². The lowest BCUT2D eigenvalue weighted by Crippen LogP contribution is -2.41. The Balaban J connectivity index is 3.38. The van der Waals surface area contributed by atoms with Gasteiger partial charge in [0.1, 0.15) is 0 Å². The summed E-state index contributed by atoms with van der Waals surface area (Å²) in [6.07, 6.45) is -4.11. The lowest BCUT2D eigenvalue weighted by molar-refractivity contribution is -0.916. The molecule has 0 radical (unpaired) electrons. The molecule has 0 aliphatic heterocycles. The first-order chi connectivity index (χ1) is 5.82. The van der Waals surface area contributed by atoms with E-state index in [0.29, 0.717) is 6.07 Å². The molecule has 0 fully saturated rings. The molecule has 1 aromatic rings. The summed E-state index contributed by atoms with van der Waals surface area (Å²) >= 11 is 0. The maximum absolute atomic E-state index is 12.7. The van der Waals surface area contributed by atoms with E-state index in [1.165, 1.54) is 6.92 Å². The lowest BCUT2D eigenvalue weighted by atomic mass is 10.2. The number of hydrogen-bond acceptors (Lipinski definition) is 1.